The molecule has 5 rings (SSSR count). The van der Waals surface area contributed by atoms with Crippen LogP contribution in [0.2, 0.25) is 0 Å². The van der Waals surface area contributed by atoms with E-state index in [1.54, 1.807) is 41.3 Å². The standard InChI is InChI=1S/C29H30N8O3/c1-29(2,3)16-17-36-22-14-7-8-15-23(22)37(21-12-5-4-6-13-21)27(39)24(26(36)38)31-28(40)30-20-11-9-10-19(18-20)25-32-34-35-33-25/h4-15,18,24H,16-17H2,1-3H3,(H2,30,31,40)(H,32,33,34,35). The largest absolute Gasteiger partial charge is 0.320 e. The van der Waals surface area contributed by atoms with Gasteiger partial charge in [-0.3, -0.25) is 14.5 Å². The Kier molecular flexibility index (Phi) is 7.28. The first-order valence-electron chi connectivity index (χ1n) is 12.9. The Bertz CT molecular complexity index is 1520. The minimum atomic E-state index is -1.46. The molecule has 1 unspecified atom stereocenters. The Morgan fingerprint density at radius 2 is 1.65 bits per heavy atom. The van der Waals surface area contributed by atoms with Crippen LogP contribution in [0, 0.1) is 5.41 Å². The van der Waals surface area contributed by atoms with Gasteiger partial charge in [-0.2, -0.15) is 0 Å². The number of benzene rings is 3. The van der Waals surface area contributed by atoms with Crippen molar-refractivity contribution >= 4 is 40.6 Å². The summed E-state index contributed by atoms with van der Waals surface area (Å²) in [6.07, 6.45) is 0.689. The number of aromatic amines is 1. The van der Waals surface area contributed by atoms with Crippen molar-refractivity contribution in [2.75, 3.05) is 21.7 Å². The predicted molar refractivity (Wildman–Crippen MR) is 152 cm³/mol. The minimum Gasteiger partial charge on any atom is -0.318 e. The van der Waals surface area contributed by atoms with E-state index in [1.807, 2.05) is 42.5 Å². The summed E-state index contributed by atoms with van der Waals surface area (Å²) in [7, 11) is 0. The lowest BCUT2D eigenvalue weighted by Crippen LogP contribution is -2.56. The lowest BCUT2D eigenvalue weighted by molar-refractivity contribution is -0.128. The molecule has 4 amide bonds. The zero-order valence-electron chi connectivity index (χ0n) is 22.5. The Morgan fingerprint density at radius 1 is 0.925 bits per heavy atom. The molecule has 0 spiro atoms. The summed E-state index contributed by atoms with van der Waals surface area (Å²) >= 11 is 0. The highest BCUT2D eigenvalue weighted by Crippen LogP contribution is 2.38. The fourth-order valence-corrected chi connectivity index (χ4v) is 4.48. The number of nitrogens with zero attached hydrogens (tertiary/aromatic N) is 5. The van der Waals surface area contributed by atoms with Crippen LogP contribution in [-0.2, 0) is 9.59 Å². The van der Waals surface area contributed by atoms with Crippen LogP contribution in [-0.4, -0.2) is 51.1 Å². The number of amides is 4. The van der Waals surface area contributed by atoms with E-state index in [2.05, 4.69) is 52.0 Å². The summed E-state index contributed by atoms with van der Waals surface area (Å²) in [6, 6.07) is 21.1. The number of aromatic nitrogens is 4. The third kappa shape index (κ3) is 5.68. The van der Waals surface area contributed by atoms with Gasteiger partial charge in [-0.25, -0.2) is 9.89 Å². The van der Waals surface area contributed by atoms with Crippen LogP contribution in [0.15, 0.2) is 78.9 Å². The number of carbonyl (C=O) groups excluding carboxylic acids is 3. The molecule has 11 nitrogen and oxygen atoms in total. The van der Waals surface area contributed by atoms with Gasteiger partial charge in [0.25, 0.3) is 11.8 Å². The molecule has 1 atom stereocenters. The van der Waals surface area contributed by atoms with Gasteiger partial charge in [0, 0.05) is 23.5 Å². The monoisotopic (exact) mass is 538 g/mol. The molecular formula is C29H30N8O3. The topological polar surface area (TPSA) is 136 Å². The average molecular weight is 539 g/mol. The van der Waals surface area contributed by atoms with E-state index >= 15 is 0 Å². The number of hydrogen-bond acceptors (Lipinski definition) is 6. The molecule has 2 heterocycles. The number of hydrogen-bond donors (Lipinski definition) is 3. The number of H-pyrrole nitrogens is 1. The fraction of sp³-hybridized carbons (Fsp3) is 0.241. The van der Waals surface area contributed by atoms with Crippen molar-refractivity contribution in [1.29, 1.82) is 0 Å². The summed E-state index contributed by atoms with van der Waals surface area (Å²) in [6.45, 7) is 6.65. The van der Waals surface area contributed by atoms with Crippen molar-refractivity contribution in [1.82, 2.24) is 25.9 Å². The van der Waals surface area contributed by atoms with E-state index < -0.39 is 23.9 Å². The second-order valence-electron chi connectivity index (χ2n) is 10.7. The maximum Gasteiger partial charge on any atom is 0.320 e. The first-order valence-corrected chi connectivity index (χ1v) is 12.9. The molecule has 0 saturated carbocycles. The quantitative estimate of drug-likeness (QED) is 0.309. The molecule has 40 heavy (non-hydrogen) atoms. The van der Waals surface area contributed by atoms with Gasteiger partial charge in [-0.15, -0.1) is 5.10 Å². The second kappa shape index (κ2) is 11.0. The van der Waals surface area contributed by atoms with Gasteiger partial charge in [0.05, 0.1) is 11.4 Å². The zero-order valence-corrected chi connectivity index (χ0v) is 22.5. The minimum absolute atomic E-state index is 0.0605. The Balaban J connectivity index is 1.48. The zero-order chi connectivity index (χ0) is 28.3. The van der Waals surface area contributed by atoms with Gasteiger partial charge in [-0.1, -0.05) is 63.2 Å². The van der Waals surface area contributed by atoms with Crippen LogP contribution >= 0.6 is 0 Å². The maximum atomic E-state index is 14.1. The second-order valence-corrected chi connectivity index (χ2v) is 10.7. The van der Waals surface area contributed by atoms with Gasteiger partial charge in [0.1, 0.15) is 0 Å². The molecule has 0 fully saturated rings. The molecule has 0 radical (unpaired) electrons. The number of fused-ring (bicyclic) bond motifs is 1. The third-order valence-electron chi connectivity index (χ3n) is 6.51. The third-order valence-corrected chi connectivity index (χ3v) is 6.51. The van der Waals surface area contributed by atoms with Crippen LogP contribution in [0.1, 0.15) is 27.2 Å². The van der Waals surface area contributed by atoms with E-state index in [0.29, 0.717) is 47.1 Å². The number of rotatable bonds is 6. The lowest BCUT2D eigenvalue weighted by atomic mass is 9.92. The molecule has 1 aliphatic heterocycles. The number of urea groups is 1. The molecule has 4 aromatic rings. The average Bonchev–Trinajstić information content (AvgIpc) is 3.46. The lowest BCUT2D eigenvalue weighted by Gasteiger charge is -2.28. The molecule has 11 heteroatoms. The predicted octanol–water partition coefficient (Wildman–Crippen LogP) is 4.50. The molecule has 3 aromatic carbocycles. The smallest absolute Gasteiger partial charge is 0.318 e. The van der Waals surface area contributed by atoms with Crippen molar-refractivity contribution in [3.8, 4) is 11.4 Å². The van der Waals surface area contributed by atoms with E-state index in [9.17, 15) is 14.4 Å². The summed E-state index contributed by atoms with van der Waals surface area (Å²) < 4.78 is 0. The summed E-state index contributed by atoms with van der Waals surface area (Å²) in [5.74, 6) is -0.626. The number of tetrazole rings is 1. The van der Waals surface area contributed by atoms with Crippen molar-refractivity contribution in [3.63, 3.8) is 0 Å². The summed E-state index contributed by atoms with van der Waals surface area (Å²) in [5.41, 5.74) is 2.79. The van der Waals surface area contributed by atoms with Gasteiger partial charge in [0.2, 0.25) is 0 Å². The van der Waals surface area contributed by atoms with E-state index in [1.165, 1.54) is 4.90 Å². The fourth-order valence-electron chi connectivity index (χ4n) is 4.48. The Hall–Kier alpha value is -5.06. The Labute approximate surface area is 231 Å². The van der Waals surface area contributed by atoms with Crippen LogP contribution in [0.25, 0.3) is 11.4 Å². The van der Waals surface area contributed by atoms with E-state index in [4.69, 9.17) is 0 Å². The molecule has 0 aliphatic carbocycles. The van der Waals surface area contributed by atoms with E-state index in [0.717, 1.165) is 0 Å². The van der Waals surface area contributed by atoms with Crippen molar-refractivity contribution < 1.29 is 14.4 Å². The van der Waals surface area contributed by atoms with Crippen LogP contribution < -0.4 is 20.4 Å². The molecule has 0 bridgehead atoms. The van der Waals surface area contributed by atoms with Gasteiger partial charge >= 0.3 is 6.03 Å². The van der Waals surface area contributed by atoms with Gasteiger partial charge in [-0.05, 0) is 58.7 Å². The summed E-state index contributed by atoms with van der Waals surface area (Å²) in [4.78, 5) is 44.4. The molecule has 1 aliphatic rings. The number of carbonyl (C=O) groups is 3. The number of nitrogens with one attached hydrogen (secondary N) is 3. The molecule has 204 valence electrons. The number of para-hydroxylation sites is 3. The van der Waals surface area contributed by atoms with E-state index in [-0.39, 0.29) is 5.41 Å². The first kappa shape index (κ1) is 26.5. The van der Waals surface area contributed by atoms with Crippen LogP contribution in [0.3, 0.4) is 0 Å². The van der Waals surface area contributed by atoms with Crippen LogP contribution in [0.5, 0.6) is 0 Å². The highest BCUT2D eigenvalue weighted by atomic mass is 16.2. The summed E-state index contributed by atoms with van der Waals surface area (Å²) in [5, 5.41) is 19.1. The number of anilines is 4. The van der Waals surface area contributed by atoms with Gasteiger partial charge < -0.3 is 15.5 Å². The SMILES string of the molecule is CC(C)(C)CCN1C(=O)C(NC(=O)Nc2cccc(-c3nnn[nH]3)c2)C(=O)N(c2ccccc2)c2ccccc21. The maximum absolute atomic E-state index is 14.1. The van der Waals surface area contributed by atoms with Gasteiger partial charge in [0.15, 0.2) is 11.9 Å². The molecule has 0 saturated heterocycles. The van der Waals surface area contributed by atoms with Crippen molar-refractivity contribution in [2.24, 2.45) is 5.41 Å². The first-order chi connectivity index (χ1) is 19.2. The highest BCUT2D eigenvalue weighted by Gasteiger charge is 2.42. The van der Waals surface area contributed by atoms with Crippen molar-refractivity contribution in [3.05, 3.63) is 78.9 Å². The van der Waals surface area contributed by atoms with Crippen LogP contribution in [0.4, 0.5) is 27.5 Å². The highest BCUT2D eigenvalue weighted by molar-refractivity contribution is 6.24. The Morgan fingerprint density at radius 3 is 2.35 bits per heavy atom. The molecule has 3 N–H and O–H groups in total. The normalized spacial score (nSPS) is 15.4. The molecule has 1 aromatic heterocycles. The van der Waals surface area contributed by atoms with Crippen molar-refractivity contribution in [2.45, 2.75) is 33.2 Å². The molecular weight excluding hydrogens is 508 g/mol.